The van der Waals surface area contributed by atoms with Crippen LogP contribution in [0.2, 0.25) is 0 Å². The lowest BCUT2D eigenvalue weighted by Crippen LogP contribution is -2.32. The number of thiocarbonyl (C=S) groups is 1. The first-order chi connectivity index (χ1) is 14.1. The van der Waals surface area contributed by atoms with Crippen LogP contribution < -0.4 is 15.5 Å². The lowest BCUT2D eigenvalue weighted by atomic mass is 10.0. The van der Waals surface area contributed by atoms with Gasteiger partial charge in [-0.15, -0.1) is 0 Å². The summed E-state index contributed by atoms with van der Waals surface area (Å²) in [5, 5.41) is 8.26. The van der Waals surface area contributed by atoms with Gasteiger partial charge in [0, 0.05) is 30.5 Å². The topological polar surface area (TPSA) is 44.4 Å². The highest BCUT2D eigenvalue weighted by Gasteiger charge is 2.05. The van der Waals surface area contributed by atoms with Gasteiger partial charge in [-0.1, -0.05) is 42.5 Å². The number of anilines is 2. The number of carbonyl (C=O) groups excluding carboxylic acids is 1. The van der Waals surface area contributed by atoms with Crippen LogP contribution in [0.4, 0.5) is 11.4 Å². The minimum Gasteiger partial charge on any atom is -0.372 e. The molecule has 5 heteroatoms. The van der Waals surface area contributed by atoms with E-state index in [9.17, 15) is 4.79 Å². The van der Waals surface area contributed by atoms with E-state index < -0.39 is 0 Å². The maximum absolute atomic E-state index is 12.2. The molecule has 0 spiro atoms. The number of rotatable bonds is 6. The van der Waals surface area contributed by atoms with Crippen molar-refractivity contribution in [2.45, 2.75) is 13.8 Å². The largest absolute Gasteiger partial charge is 0.372 e. The summed E-state index contributed by atoms with van der Waals surface area (Å²) in [5.74, 6) is -0.268. The molecule has 0 bridgehead atoms. The average Bonchev–Trinajstić information content (AvgIpc) is 2.74. The normalized spacial score (nSPS) is 10.8. The average molecular weight is 404 g/mol. The molecule has 0 saturated heterocycles. The van der Waals surface area contributed by atoms with E-state index in [4.69, 9.17) is 12.2 Å². The summed E-state index contributed by atoms with van der Waals surface area (Å²) >= 11 is 5.26. The second kappa shape index (κ2) is 9.85. The summed E-state index contributed by atoms with van der Waals surface area (Å²) in [6.45, 7) is 6.18. The van der Waals surface area contributed by atoms with Gasteiger partial charge in [-0.25, -0.2) is 0 Å². The van der Waals surface area contributed by atoms with Gasteiger partial charge in [-0.2, -0.15) is 0 Å². The standard InChI is InChI=1S/C24H25N3OS/c1-3-27(4-2)21-15-13-20(14-16-21)25-24(29)26-23(28)17-12-19-10-7-9-18-8-5-6-11-22(18)19/h5-17H,3-4H2,1-2H3,(H2,25,26,28,29)/b17-12+. The van der Waals surface area contributed by atoms with Crippen molar-refractivity contribution >= 4 is 51.5 Å². The highest BCUT2D eigenvalue weighted by Crippen LogP contribution is 2.20. The van der Waals surface area contributed by atoms with E-state index in [1.807, 2.05) is 54.6 Å². The summed E-state index contributed by atoms with van der Waals surface area (Å²) in [6, 6.07) is 22.1. The number of hydrogen-bond acceptors (Lipinski definition) is 3. The number of carbonyl (C=O) groups is 1. The van der Waals surface area contributed by atoms with Crippen molar-refractivity contribution in [1.82, 2.24) is 5.32 Å². The first kappa shape index (κ1) is 20.6. The molecule has 4 nitrogen and oxygen atoms in total. The first-order valence-corrected chi connectivity index (χ1v) is 10.1. The van der Waals surface area contributed by atoms with Crippen LogP contribution in [0.3, 0.4) is 0 Å². The maximum atomic E-state index is 12.2. The van der Waals surface area contributed by atoms with Gasteiger partial charge in [0.15, 0.2) is 5.11 Å². The summed E-state index contributed by atoms with van der Waals surface area (Å²) in [4.78, 5) is 14.5. The Kier molecular flexibility index (Phi) is 6.98. The predicted molar refractivity (Wildman–Crippen MR) is 127 cm³/mol. The summed E-state index contributed by atoms with van der Waals surface area (Å²) in [7, 11) is 0. The van der Waals surface area contributed by atoms with E-state index in [0.29, 0.717) is 0 Å². The number of fused-ring (bicyclic) bond motifs is 1. The molecule has 0 fully saturated rings. The molecule has 3 rings (SSSR count). The Morgan fingerprint density at radius 3 is 2.38 bits per heavy atom. The van der Waals surface area contributed by atoms with Gasteiger partial charge < -0.3 is 10.2 Å². The van der Waals surface area contributed by atoms with Crippen LogP contribution in [0, 0.1) is 0 Å². The lowest BCUT2D eigenvalue weighted by molar-refractivity contribution is -0.115. The van der Waals surface area contributed by atoms with Crippen molar-refractivity contribution in [3.8, 4) is 0 Å². The zero-order valence-electron chi connectivity index (χ0n) is 16.7. The molecule has 0 heterocycles. The number of hydrogen-bond donors (Lipinski definition) is 2. The van der Waals surface area contributed by atoms with E-state index in [1.165, 1.54) is 6.08 Å². The van der Waals surface area contributed by atoms with Gasteiger partial charge in [-0.05, 0) is 72.7 Å². The summed E-state index contributed by atoms with van der Waals surface area (Å²) in [5.41, 5.74) is 2.99. The van der Waals surface area contributed by atoms with Crippen LogP contribution in [-0.2, 0) is 4.79 Å². The molecule has 0 aliphatic heterocycles. The Labute approximate surface area is 177 Å². The van der Waals surface area contributed by atoms with E-state index in [1.54, 1.807) is 6.08 Å². The van der Waals surface area contributed by atoms with Crippen LogP contribution in [-0.4, -0.2) is 24.1 Å². The van der Waals surface area contributed by atoms with Crippen molar-refractivity contribution in [1.29, 1.82) is 0 Å². The number of benzene rings is 3. The number of nitrogens with zero attached hydrogens (tertiary/aromatic N) is 1. The van der Waals surface area contributed by atoms with Crippen molar-refractivity contribution in [3.05, 3.63) is 78.4 Å². The Morgan fingerprint density at radius 1 is 0.966 bits per heavy atom. The van der Waals surface area contributed by atoms with Crippen LogP contribution in [0.5, 0.6) is 0 Å². The van der Waals surface area contributed by atoms with Crippen molar-refractivity contribution in [2.24, 2.45) is 0 Å². The highest BCUT2D eigenvalue weighted by atomic mass is 32.1. The molecule has 3 aromatic rings. The molecule has 29 heavy (non-hydrogen) atoms. The first-order valence-electron chi connectivity index (χ1n) is 9.73. The van der Waals surface area contributed by atoms with Gasteiger partial charge in [0.1, 0.15) is 0 Å². The van der Waals surface area contributed by atoms with Gasteiger partial charge in [0.25, 0.3) is 0 Å². The van der Waals surface area contributed by atoms with Crippen LogP contribution in [0.25, 0.3) is 16.8 Å². The Bertz CT molecular complexity index is 1020. The zero-order chi connectivity index (χ0) is 20.6. The molecule has 0 aromatic heterocycles. The predicted octanol–water partition coefficient (Wildman–Crippen LogP) is 5.21. The second-order valence-electron chi connectivity index (χ2n) is 6.56. The minimum absolute atomic E-state index is 0.268. The van der Waals surface area contributed by atoms with Crippen molar-refractivity contribution in [2.75, 3.05) is 23.3 Å². The molecule has 148 valence electrons. The van der Waals surface area contributed by atoms with Crippen molar-refractivity contribution in [3.63, 3.8) is 0 Å². The fourth-order valence-corrected chi connectivity index (χ4v) is 3.44. The van der Waals surface area contributed by atoms with Crippen LogP contribution in [0.15, 0.2) is 72.8 Å². The Hall–Kier alpha value is -3.18. The van der Waals surface area contributed by atoms with E-state index >= 15 is 0 Å². The molecule has 0 unspecified atom stereocenters. The molecular weight excluding hydrogens is 378 g/mol. The van der Waals surface area contributed by atoms with Gasteiger partial charge >= 0.3 is 0 Å². The maximum Gasteiger partial charge on any atom is 0.250 e. The minimum atomic E-state index is -0.268. The quantitative estimate of drug-likeness (QED) is 0.438. The molecule has 1 amide bonds. The van der Waals surface area contributed by atoms with Crippen LogP contribution >= 0.6 is 12.2 Å². The summed E-state index contributed by atoms with van der Waals surface area (Å²) < 4.78 is 0. The number of amides is 1. The third kappa shape index (κ3) is 5.42. The molecule has 0 saturated carbocycles. The zero-order valence-corrected chi connectivity index (χ0v) is 17.5. The van der Waals surface area contributed by atoms with E-state index in [0.717, 1.165) is 40.8 Å². The molecular formula is C24H25N3OS. The molecule has 0 radical (unpaired) electrons. The van der Waals surface area contributed by atoms with Gasteiger partial charge in [-0.3, -0.25) is 10.1 Å². The SMILES string of the molecule is CCN(CC)c1ccc(NC(=S)NC(=O)/C=C/c2cccc3ccccc23)cc1. The molecule has 2 N–H and O–H groups in total. The smallest absolute Gasteiger partial charge is 0.250 e. The lowest BCUT2D eigenvalue weighted by Gasteiger charge is -2.21. The molecule has 0 aliphatic carbocycles. The fraction of sp³-hybridized carbons (Fsp3) is 0.167. The molecule has 0 atom stereocenters. The third-order valence-corrected chi connectivity index (χ3v) is 4.93. The second-order valence-corrected chi connectivity index (χ2v) is 6.97. The van der Waals surface area contributed by atoms with Crippen molar-refractivity contribution < 1.29 is 4.79 Å². The summed E-state index contributed by atoms with van der Waals surface area (Å²) in [6.07, 6.45) is 3.30. The van der Waals surface area contributed by atoms with Gasteiger partial charge in [0.05, 0.1) is 0 Å². The monoisotopic (exact) mass is 403 g/mol. The van der Waals surface area contributed by atoms with E-state index in [2.05, 4.69) is 41.5 Å². The number of nitrogens with one attached hydrogen (secondary N) is 2. The highest BCUT2D eigenvalue weighted by molar-refractivity contribution is 7.80. The van der Waals surface area contributed by atoms with Gasteiger partial charge in [0.2, 0.25) is 5.91 Å². The molecule has 3 aromatic carbocycles. The van der Waals surface area contributed by atoms with Crippen LogP contribution in [0.1, 0.15) is 19.4 Å². The fourth-order valence-electron chi connectivity index (χ4n) is 3.22. The molecule has 0 aliphatic rings. The Morgan fingerprint density at radius 2 is 1.66 bits per heavy atom. The third-order valence-electron chi connectivity index (χ3n) is 4.73. The van der Waals surface area contributed by atoms with E-state index in [-0.39, 0.29) is 11.0 Å². The Balaban J connectivity index is 1.59.